The molecule has 0 radical (unpaired) electrons. The summed E-state index contributed by atoms with van der Waals surface area (Å²) >= 11 is 9.60. The number of rotatable bonds is 3. The Morgan fingerprint density at radius 1 is 1.43 bits per heavy atom. The zero-order valence-corrected chi connectivity index (χ0v) is 14.9. The van der Waals surface area contributed by atoms with Crippen molar-refractivity contribution in [3.63, 3.8) is 0 Å². The highest BCUT2D eigenvalue weighted by Gasteiger charge is 2.36. The van der Waals surface area contributed by atoms with Crippen LogP contribution >= 0.6 is 27.5 Å². The van der Waals surface area contributed by atoms with Gasteiger partial charge in [0, 0.05) is 22.4 Å². The summed E-state index contributed by atoms with van der Waals surface area (Å²) in [6.45, 7) is 6.18. The Hall–Kier alpha value is -0.740. The average molecular weight is 375 g/mol. The lowest BCUT2D eigenvalue weighted by Crippen LogP contribution is -2.49. The third-order valence-electron chi connectivity index (χ3n) is 3.37. The van der Waals surface area contributed by atoms with E-state index in [4.69, 9.17) is 16.3 Å². The summed E-state index contributed by atoms with van der Waals surface area (Å²) in [6.07, 6.45) is 1.66. The number of nitrogens with zero attached hydrogens (tertiary/aromatic N) is 1. The van der Waals surface area contributed by atoms with Gasteiger partial charge in [0.15, 0.2) is 0 Å². The van der Waals surface area contributed by atoms with Crippen LogP contribution in [0.3, 0.4) is 0 Å². The second-order valence-corrected chi connectivity index (χ2v) is 8.19. The van der Waals surface area contributed by atoms with Crippen molar-refractivity contribution in [3.8, 4) is 0 Å². The van der Waals surface area contributed by atoms with Crippen LogP contribution in [-0.4, -0.2) is 27.5 Å². The summed E-state index contributed by atoms with van der Waals surface area (Å²) in [7, 11) is 0. The van der Waals surface area contributed by atoms with Gasteiger partial charge in [-0.1, -0.05) is 39.7 Å². The van der Waals surface area contributed by atoms with E-state index in [0.29, 0.717) is 16.4 Å². The highest BCUT2D eigenvalue weighted by molar-refractivity contribution is 9.09. The largest absolute Gasteiger partial charge is 0.444 e. The Bertz CT molecular complexity index is 509. The van der Waals surface area contributed by atoms with Gasteiger partial charge < -0.3 is 9.64 Å². The molecule has 0 spiro atoms. The summed E-state index contributed by atoms with van der Waals surface area (Å²) in [5.41, 5.74) is 0.535. The Morgan fingerprint density at radius 3 is 2.62 bits per heavy atom. The number of hydrogen-bond acceptors (Lipinski definition) is 2. The summed E-state index contributed by atoms with van der Waals surface area (Å²) < 4.78 is 5.53. The van der Waals surface area contributed by atoms with Gasteiger partial charge in [-0.2, -0.15) is 0 Å². The quantitative estimate of drug-likeness (QED) is 0.697. The molecule has 1 fully saturated rings. The van der Waals surface area contributed by atoms with Crippen LogP contribution in [0.4, 0.5) is 4.79 Å². The summed E-state index contributed by atoms with van der Waals surface area (Å²) in [6, 6.07) is 7.83. The number of benzene rings is 1. The average Bonchev–Trinajstić information content (AvgIpc) is 2.30. The van der Waals surface area contributed by atoms with Gasteiger partial charge in [-0.15, -0.1) is 0 Å². The van der Waals surface area contributed by atoms with Crippen molar-refractivity contribution in [1.29, 1.82) is 0 Å². The van der Waals surface area contributed by atoms with Gasteiger partial charge >= 0.3 is 6.09 Å². The van der Waals surface area contributed by atoms with Crippen LogP contribution in [0.5, 0.6) is 0 Å². The van der Waals surface area contributed by atoms with Crippen LogP contribution in [0.15, 0.2) is 24.3 Å². The number of ether oxygens (including phenoxy) is 1. The van der Waals surface area contributed by atoms with E-state index in [2.05, 4.69) is 15.9 Å². The van der Waals surface area contributed by atoms with E-state index in [0.717, 1.165) is 18.4 Å². The first-order valence-corrected chi connectivity index (χ1v) is 8.42. The minimum Gasteiger partial charge on any atom is -0.444 e. The highest BCUT2D eigenvalue weighted by Crippen LogP contribution is 2.33. The zero-order valence-electron chi connectivity index (χ0n) is 12.6. The Labute approximate surface area is 139 Å². The van der Waals surface area contributed by atoms with Crippen LogP contribution in [0.1, 0.15) is 39.2 Å². The molecule has 2 rings (SSSR count). The molecule has 0 bridgehead atoms. The van der Waals surface area contributed by atoms with Gasteiger partial charge in [0.1, 0.15) is 5.60 Å². The lowest BCUT2D eigenvalue weighted by atomic mass is 9.91. The standard InChI is InChI=1S/C16H21BrClNO2/c1-16(2,3)21-15(20)19(14-8-12(17)9-14)10-11-5-4-6-13(18)7-11/h4-7,12,14H,8-10H2,1-3H3. The molecule has 0 heterocycles. The molecule has 0 atom stereocenters. The van der Waals surface area contributed by atoms with Crippen LogP contribution in [0, 0.1) is 0 Å². The lowest BCUT2D eigenvalue weighted by Gasteiger charge is -2.41. The molecule has 1 amide bonds. The maximum Gasteiger partial charge on any atom is 0.410 e. The number of amides is 1. The van der Waals surface area contributed by atoms with Gasteiger partial charge in [0.2, 0.25) is 0 Å². The normalized spacial score (nSPS) is 21.6. The van der Waals surface area contributed by atoms with Crippen molar-refractivity contribution in [2.45, 2.75) is 56.6 Å². The molecular weight excluding hydrogens is 354 g/mol. The molecule has 1 aromatic carbocycles. The van der Waals surface area contributed by atoms with E-state index in [1.807, 2.05) is 49.9 Å². The molecule has 0 aromatic heterocycles. The van der Waals surface area contributed by atoms with E-state index >= 15 is 0 Å². The molecule has 0 unspecified atom stereocenters. The first kappa shape index (κ1) is 16.6. The third-order valence-corrected chi connectivity index (χ3v) is 4.35. The fourth-order valence-corrected chi connectivity index (χ4v) is 3.35. The molecule has 0 aliphatic heterocycles. The molecule has 1 aliphatic rings. The second-order valence-electron chi connectivity index (χ2n) is 6.46. The molecule has 1 aromatic rings. The first-order valence-electron chi connectivity index (χ1n) is 7.13. The second kappa shape index (κ2) is 6.57. The topological polar surface area (TPSA) is 29.5 Å². The van der Waals surface area contributed by atoms with Gasteiger partial charge in [-0.05, 0) is 51.3 Å². The number of carbonyl (C=O) groups excluding carboxylic acids is 1. The number of hydrogen-bond donors (Lipinski definition) is 0. The zero-order chi connectivity index (χ0) is 15.6. The molecule has 116 valence electrons. The fraction of sp³-hybridized carbons (Fsp3) is 0.562. The summed E-state index contributed by atoms with van der Waals surface area (Å²) in [4.78, 5) is 14.8. The number of alkyl halides is 1. The molecular formula is C16H21BrClNO2. The minimum absolute atomic E-state index is 0.225. The molecule has 0 saturated heterocycles. The van der Waals surface area contributed by atoms with E-state index in [9.17, 15) is 4.79 Å². The maximum atomic E-state index is 12.4. The predicted octanol–water partition coefficient (Wildman–Crippen LogP) is 5.00. The van der Waals surface area contributed by atoms with E-state index in [1.165, 1.54) is 0 Å². The minimum atomic E-state index is -0.485. The summed E-state index contributed by atoms with van der Waals surface area (Å²) in [5, 5.41) is 0.684. The van der Waals surface area contributed by atoms with Crippen LogP contribution in [0.25, 0.3) is 0 Å². The Kier molecular flexibility index (Phi) is 5.20. The molecule has 1 aliphatic carbocycles. The lowest BCUT2D eigenvalue weighted by molar-refractivity contribution is 0.00572. The van der Waals surface area contributed by atoms with Crippen LogP contribution < -0.4 is 0 Å². The van der Waals surface area contributed by atoms with E-state index in [-0.39, 0.29) is 12.1 Å². The van der Waals surface area contributed by atoms with E-state index < -0.39 is 5.60 Å². The van der Waals surface area contributed by atoms with Crippen molar-refractivity contribution >= 4 is 33.6 Å². The Balaban J connectivity index is 2.10. The third kappa shape index (κ3) is 4.89. The van der Waals surface area contributed by atoms with Crippen molar-refractivity contribution < 1.29 is 9.53 Å². The fourth-order valence-electron chi connectivity index (χ4n) is 2.27. The molecule has 5 heteroatoms. The number of carbonyl (C=O) groups is 1. The predicted molar refractivity (Wildman–Crippen MR) is 89.0 cm³/mol. The van der Waals surface area contributed by atoms with Crippen molar-refractivity contribution in [1.82, 2.24) is 4.90 Å². The van der Waals surface area contributed by atoms with Crippen molar-refractivity contribution in [3.05, 3.63) is 34.9 Å². The van der Waals surface area contributed by atoms with Crippen molar-refractivity contribution in [2.24, 2.45) is 0 Å². The molecule has 1 saturated carbocycles. The van der Waals surface area contributed by atoms with Crippen molar-refractivity contribution in [2.75, 3.05) is 0 Å². The summed E-state index contributed by atoms with van der Waals surface area (Å²) in [5.74, 6) is 0. The maximum absolute atomic E-state index is 12.4. The Morgan fingerprint density at radius 2 is 2.10 bits per heavy atom. The van der Waals surface area contributed by atoms with E-state index in [1.54, 1.807) is 0 Å². The molecule has 0 N–H and O–H groups in total. The van der Waals surface area contributed by atoms with Gasteiger partial charge in [0.25, 0.3) is 0 Å². The van der Waals surface area contributed by atoms with Crippen LogP contribution in [-0.2, 0) is 11.3 Å². The highest BCUT2D eigenvalue weighted by atomic mass is 79.9. The smallest absolute Gasteiger partial charge is 0.410 e. The first-order chi connectivity index (χ1) is 9.74. The SMILES string of the molecule is CC(C)(C)OC(=O)N(Cc1cccc(Cl)c1)C1CC(Br)C1. The monoisotopic (exact) mass is 373 g/mol. The molecule has 21 heavy (non-hydrogen) atoms. The van der Waals surface area contributed by atoms with Gasteiger partial charge in [-0.25, -0.2) is 4.79 Å². The van der Waals surface area contributed by atoms with Crippen LogP contribution in [0.2, 0.25) is 5.02 Å². The number of halogens is 2. The van der Waals surface area contributed by atoms with Gasteiger partial charge in [0.05, 0.1) is 0 Å². The molecule has 3 nitrogen and oxygen atoms in total. The van der Waals surface area contributed by atoms with Gasteiger partial charge in [-0.3, -0.25) is 0 Å².